The number of rotatable bonds is 7. The fourth-order valence-electron chi connectivity index (χ4n) is 3.61. The van der Waals surface area contributed by atoms with Crippen molar-refractivity contribution < 1.29 is 19.1 Å². The molecule has 2 aromatic carbocycles. The first kappa shape index (κ1) is 21.4. The van der Waals surface area contributed by atoms with E-state index in [9.17, 15) is 9.59 Å². The van der Waals surface area contributed by atoms with E-state index in [2.05, 4.69) is 15.5 Å². The molecule has 1 aliphatic heterocycles. The van der Waals surface area contributed by atoms with Gasteiger partial charge in [0.1, 0.15) is 6.04 Å². The van der Waals surface area contributed by atoms with Crippen LogP contribution in [0, 0.1) is 13.8 Å². The smallest absolute Gasteiger partial charge is 0.249 e. The van der Waals surface area contributed by atoms with E-state index < -0.39 is 6.04 Å². The van der Waals surface area contributed by atoms with Crippen LogP contribution in [0.5, 0.6) is 11.5 Å². The maximum absolute atomic E-state index is 13.4. The molecule has 1 unspecified atom stereocenters. The summed E-state index contributed by atoms with van der Waals surface area (Å²) in [5.74, 6) is 0.757. The van der Waals surface area contributed by atoms with Crippen LogP contribution in [0.1, 0.15) is 22.5 Å². The Morgan fingerprint density at radius 1 is 1.12 bits per heavy atom. The Morgan fingerprint density at radius 3 is 2.59 bits per heavy atom. The molecule has 2 heterocycles. The lowest BCUT2D eigenvalue weighted by Gasteiger charge is -2.25. The minimum atomic E-state index is -0.735. The average Bonchev–Trinajstić information content (AvgIpc) is 3.39. The average molecular weight is 434 g/mol. The molecule has 8 nitrogen and oxygen atoms in total. The predicted octanol–water partition coefficient (Wildman–Crippen LogP) is 2.69. The summed E-state index contributed by atoms with van der Waals surface area (Å²) in [6.45, 7) is 3.99. The van der Waals surface area contributed by atoms with E-state index >= 15 is 0 Å². The number of H-pyrrole nitrogens is 1. The normalized spacial score (nSPS) is 13.0. The van der Waals surface area contributed by atoms with Gasteiger partial charge in [0, 0.05) is 30.9 Å². The summed E-state index contributed by atoms with van der Waals surface area (Å²) in [4.78, 5) is 27.8. The molecular weight excluding hydrogens is 408 g/mol. The van der Waals surface area contributed by atoms with Gasteiger partial charge in [0.05, 0.1) is 12.1 Å². The van der Waals surface area contributed by atoms with Crippen molar-refractivity contribution in [3.05, 3.63) is 71.0 Å². The molecule has 166 valence electrons. The van der Waals surface area contributed by atoms with Crippen LogP contribution in [-0.4, -0.2) is 41.9 Å². The Balaban J connectivity index is 1.53. The molecule has 32 heavy (non-hydrogen) atoms. The van der Waals surface area contributed by atoms with Gasteiger partial charge in [-0.3, -0.25) is 14.7 Å². The van der Waals surface area contributed by atoms with E-state index in [-0.39, 0.29) is 25.0 Å². The number of aromatic nitrogens is 2. The summed E-state index contributed by atoms with van der Waals surface area (Å²) >= 11 is 0. The number of hydrogen-bond acceptors (Lipinski definition) is 5. The topological polar surface area (TPSA) is 96.5 Å². The predicted molar refractivity (Wildman–Crippen MR) is 120 cm³/mol. The lowest BCUT2D eigenvalue weighted by molar-refractivity contribution is -0.127. The van der Waals surface area contributed by atoms with Crippen molar-refractivity contribution in [2.45, 2.75) is 32.7 Å². The first-order valence-corrected chi connectivity index (χ1v) is 10.4. The van der Waals surface area contributed by atoms with Crippen LogP contribution in [0.2, 0.25) is 0 Å². The van der Waals surface area contributed by atoms with Crippen molar-refractivity contribution in [1.29, 1.82) is 0 Å². The van der Waals surface area contributed by atoms with Gasteiger partial charge in [-0.15, -0.1) is 0 Å². The number of aryl methyl sites for hydroxylation is 1. The van der Waals surface area contributed by atoms with Gasteiger partial charge in [0.25, 0.3) is 0 Å². The highest BCUT2D eigenvalue weighted by molar-refractivity contribution is 5.99. The number of ether oxygens (including phenoxy) is 2. The van der Waals surface area contributed by atoms with Crippen molar-refractivity contribution in [3.63, 3.8) is 0 Å². The number of likely N-dealkylation sites (N-methyl/N-ethyl adjacent to an activating group) is 1. The van der Waals surface area contributed by atoms with Gasteiger partial charge in [-0.05, 0) is 37.1 Å². The second kappa shape index (κ2) is 9.13. The number of nitrogens with zero attached hydrogens (tertiary/aromatic N) is 2. The first-order valence-electron chi connectivity index (χ1n) is 10.4. The first-order chi connectivity index (χ1) is 15.4. The van der Waals surface area contributed by atoms with Crippen LogP contribution < -0.4 is 19.7 Å². The lowest BCUT2D eigenvalue weighted by atomic mass is 10.0. The van der Waals surface area contributed by atoms with Crippen LogP contribution in [0.3, 0.4) is 0 Å². The molecular formula is C24H26N4O4. The molecule has 8 heteroatoms. The van der Waals surface area contributed by atoms with Gasteiger partial charge < -0.3 is 19.7 Å². The second-order valence-corrected chi connectivity index (χ2v) is 7.84. The van der Waals surface area contributed by atoms with Crippen LogP contribution in [0.25, 0.3) is 0 Å². The maximum Gasteiger partial charge on any atom is 0.249 e. The molecule has 1 atom stereocenters. The Kier molecular flexibility index (Phi) is 6.11. The zero-order valence-electron chi connectivity index (χ0n) is 18.3. The number of anilines is 1. The van der Waals surface area contributed by atoms with Crippen LogP contribution in [0.15, 0.2) is 48.5 Å². The minimum Gasteiger partial charge on any atom is -0.454 e. The molecule has 0 fully saturated rings. The fraction of sp³-hybridized carbons (Fsp3) is 0.292. The van der Waals surface area contributed by atoms with Gasteiger partial charge in [-0.1, -0.05) is 30.3 Å². The second-order valence-electron chi connectivity index (χ2n) is 7.84. The van der Waals surface area contributed by atoms with Crippen molar-refractivity contribution in [2.75, 3.05) is 18.7 Å². The number of nitrogens with one attached hydrogen (secondary N) is 2. The number of amides is 2. The van der Waals surface area contributed by atoms with E-state index in [4.69, 9.17) is 9.47 Å². The molecule has 0 radical (unpaired) electrons. The third-order valence-corrected chi connectivity index (χ3v) is 5.67. The Bertz CT molecular complexity index is 1130. The third kappa shape index (κ3) is 4.59. The number of aromatic amines is 1. The van der Waals surface area contributed by atoms with E-state index in [1.807, 2.05) is 44.2 Å². The highest BCUT2D eigenvalue weighted by Gasteiger charge is 2.27. The van der Waals surface area contributed by atoms with Crippen LogP contribution in [0.4, 0.5) is 5.69 Å². The summed E-state index contributed by atoms with van der Waals surface area (Å²) in [7, 11) is 1.69. The number of fused-ring (bicyclic) bond motifs is 1. The Labute approximate surface area is 186 Å². The van der Waals surface area contributed by atoms with Gasteiger partial charge in [-0.25, -0.2) is 0 Å². The molecule has 0 saturated heterocycles. The van der Waals surface area contributed by atoms with Gasteiger partial charge in [0.2, 0.25) is 18.6 Å². The maximum atomic E-state index is 13.4. The van der Waals surface area contributed by atoms with Crippen molar-refractivity contribution in [2.24, 2.45) is 0 Å². The van der Waals surface area contributed by atoms with E-state index in [0.717, 1.165) is 16.8 Å². The molecule has 3 aromatic rings. The van der Waals surface area contributed by atoms with Gasteiger partial charge in [0.15, 0.2) is 11.5 Å². The summed E-state index contributed by atoms with van der Waals surface area (Å²) in [6, 6.07) is 14.2. The largest absolute Gasteiger partial charge is 0.454 e. The zero-order chi connectivity index (χ0) is 22.7. The number of carbonyl (C=O) groups excluding carboxylic acids is 2. The molecule has 1 aliphatic rings. The minimum absolute atomic E-state index is 0.0997. The standard InChI is InChI=1S/C24H26N4O4/c1-15-16(2)26-27-19(15)13-23(29)25-20(11-17-7-5-4-6-8-17)24(30)28(3)18-9-10-21-22(12-18)32-14-31-21/h4-10,12,20H,11,13-14H2,1-3H3,(H,25,29)(H,26,27). The molecule has 2 N–H and O–H groups in total. The molecule has 1 aromatic heterocycles. The highest BCUT2D eigenvalue weighted by Crippen LogP contribution is 2.35. The summed E-state index contributed by atoms with van der Waals surface area (Å²) < 4.78 is 10.8. The van der Waals surface area contributed by atoms with E-state index in [1.165, 1.54) is 4.90 Å². The molecule has 4 rings (SSSR count). The molecule has 0 saturated carbocycles. The Hall–Kier alpha value is -3.81. The Morgan fingerprint density at radius 2 is 1.88 bits per heavy atom. The van der Waals surface area contributed by atoms with Crippen molar-refractivity contribution >= 4 is 17.5 Å². The van der Waals surface area contributed by atoms with E-state index in [1.54, 1.807) is 25.2 Å². The van der Waals surface area contributed by atoms with E-state index in [0.29, 0.717) is 29.3 Å². The van der Waals surface area contributed by atoms with Crippen molar-refractivity contribution in [3.8, 4) is 11.5 Å². The quantitative estimate of drug-likeness (QED) is 0.596. The van der Waals surface area contributed by atoms with Gasteiger partial charge in [-0.2, -0.15) is 5.10 Å². The molecule has 0 aliphatic carbocycles. The third-order valence-electron chi connectivity index (χ3n) is 5.67. The summed E-state index contributed by atoms with van der Waals surface area (Å²) in [6.07, 6.45) is 0.474. The number of carbonyl (C=O) groups is 2. The lowest BCUT2D eigenvalue weighted by Crippen LogP contribution is -2.49. The van der Waals surface area contributed by atoms with Gasteiger partial charge >= 0.3 is 0 Å². The van der Waals surface area contributed by atoms with Crippen LogP contribution in [-0.2, 0) is 22.4 Å². The molecule has 0 bridgehead atoms. The highest BCUT2D eigenvalue weighted by atomic mass is 16.7. The van der Waals surface area contributed by atoms with Crippen molar-refractivity contribution in [1.82, 2.24) is 15.5 Å². The summed E-state index contributed by atoms with van der Waals surface area (Å²) in [5.41, 5.74) is 4.16. The number of benzene rings is 2. The SMILES string of the molecule is Cc1[nH]nc(CC(=O)NC(Cc2ccccc2)C(=O)N(C)c2ccc3c(c2)OCO3)c1C. The summed E-state index contributed by atoms with van der Waals surface area (Å²) in [5, 5.41) is 10.0. The molecule has 2 amide bonds. The molecule has 0 spiro atoms. The number of hydrogen-bond donors (Lipinski definition) is 2. The fourth-order valence-corrected chi connectivity index (χ4v) is 3.61. The zero-order valence-corrected chi connectivity index (χ0v) is 18.3. The van der Waals surface area contributed by atoms with Crippen LogP contribution >= 0.6 is 0 Å². The monoisotopic (exact) mass is 434 g/mol.